The molecule has 0 aromatic heterocycles. The largest absolute Gasteiger partial charge is 0.497 e. The van der Waals surface area contributed by atoms with E-state index in [1.165, 1.54) is 0 Å². The number of ether oxygens (including phenoxy) is 2. The van der Waals surface area contributed by atoms with Gasteiger partial charge in [0.05, 0.1) is 26.9 Å². The van der Waals surface area contributed by atoms with E-state index in [1.807, 2.05) is 24.3 Å². The molecule has 1 saturated heterocycles. The summed E-state index contributed by atoms with van der Waals surface area (Å²) in [6.07, 6.45) is 1.04. The van der Waals surface area contributed by atoms with E-state index < -0.39 is 11.9 Å². The number of carbonyl (C=O) groups is 3. The number of amides is 1. The predicted octanol–water partition coefficient (Wildman–Crippen LogP) is 0.101. The van der Waals surface area contributed by atoms with Gasteiger partial charge in [0.2, 0.25) is 5.91 Å². The van der Waals surface area contributed by atoms with E-state index in [0.717, 1.165) is 57.3 Å². The number of hydrogen-bond donors (Lipinski definition) is 4. The highest BCUT2D eigenvalue weighted by molar-refractivity contribution is 6.27. The van der Waals surface area contributed by atoms with E-state index in [1.54, 1.807) is 7.11 Å². The zero-order valence-electron chi connectivity index (χ0n) is 15.8. The Balaban J connectivity index is 0.000000568. The summed E-state index contributed by atoms with van der Waals surface area (Å²) in [6.45, 7) is 5.91. The molecule has 1 fully saturated rings. The molecule has 0 atom stereocenters. The van der Waals surface area contributed by atoms with Crippen molar-refractivity contribution >= 4 is 23.5 Å². The Morgan fingerprint density at radius 3 is 2.25 bits per heavy atom. The van der Waals surface area contributed by atoms with Gasteiger partial charge in [0.15, 0.2) is 0 Å². The molecule has 0 saturated carbocycles. The van der Waals surface area contributed by atoms with Crippen LogP contribution in [0, 0.1) is 0 Å². The molecule has 0 unspecified atom stereocenters. The lowest BCUT2D eigenvalue weighted by Gasteiger charge is -2.26. The molecule has 156 valence electrons. The van der Waals surface area contributed by atoms with E-state index in [2.05, 4.69) is 15.5 Å². The molecule has 28 heavy (non-hydrogen) atoms. The lowest BCUT2D eigenvalue weighted by Crippen LogP contribution is -2.38. The minimum atomic E-state index is -1.82. The second-order valence-corrected chi connectivity index (χ2v) is 5.87. The number of methoxy groups -OCH3 is 1. The molecule has 10 nitrogen and oxygen atoms in total. The Labute approximate surface area is 163 Å². The number of anilines is 1. The highest BCUT2D eigenvalue weighted by atomic mass is 16.5. The van der Waals surface area contributed by atoms with Gasteiger partial charge in [-0.2, -0.15) is 0 Å². The Kier molecular flexibility index (Phi) is 11.2. The molecule has 0 aliphatic carbocycles. The fourth-order valence-corrected chi connectivity index (χ4v) is 2.33. The van der Waals surface area contributed by atoms with Crippen LogP contribution >= 0.6 is 0 Å². The highest BCUT2D eigenvalue weighted by Gasteiger charge is 2.09. The van der Waals surface area contributed by atoms with Crippen LogP contribution in [0.15, 0.2) is 24.3 Å². The first kappa shape index (κ1) is 23.3. The normalized spacial score (nSPS) is 13.8. The Morgan fingerprint density at radius 1 is 1.11 bits per heavy atom. The molecule has 0 spiro atoms. The van der Waals surface area contributed by atoms with Crippen LogP contribution in [-0.2, 0) is 19.1 Å². The predicted molar refractivity (Wildman–Crippen MR) is 102 cm³/mol. The lowest BCUT2D eigenvalue weighted by molar-refractivity contribution is -0.159. The molecule has 1 amide bonds. The summed E-state index contributed by atoms with van der Waals surface area (Å²) in [7, 11) is 1.62. The van der Waals surface area contributed by atoms with Gasteiger partial charge in [0.25, 0.3) is 0 Å². The molecule has 0 bridgehead atoms. The van der Waals surface area contributed by atoms with Crippen molar-refractivity contribution in [3.05, 3.63) is 24.3 Å². The number of carboxylic acid groups (broad SMARTS) is 2. The molecule has 1 heterocycles. The van der Waals surface area contributed by atoms with Gasteiger partial charge in [0.1, 0.15) is 5.75 Å². The first-order valence-corrected chi connectivity index (χ1v) is 8.83. The molecule has 2 rings (SSSR count). The number of hydrogen-bond acceptors (Lipinski definition) is 7. The van der Waals surface area contributed by atoms with Gasteiger partial charge in [-0.25, -0.2) is 9.59 Å². The van der Waals surface area contributed by atoms with Crippen molar-refractivity contribution in [2.45, 2.75) is 6.42 Å². The van der Waals surface area contributed by atoms with Crippen molar-refractivity contribution in [3.63, 3.8) is 0 Å². The minimum absolute atomic E-state index is 0.0310. The number of benzene rings is 1. The van der Waals surface area contributed by atoms with Crippen LogP contribution in [0.1, 0.15) is 6.42 Å². The van der Waals surface area contributed by atoms with Gasteiger partial charge in [-0.05, 0) is 43.8 Å². The second kappa shape index (κ2) is 13.5. The van der Waals surface area contributed by atoms with Gasteiger partial charge in [-0.1, -0.05) is 0 Å². The lowest BCUT2D eigenvalue weighted by atomic mass is 10.3. The van der Waals surface area contributed by atoms with E-state index in [-0.39, 0.29) is 5.91 Å². The van der Waals surface area contributed by atoms with Gasteiger partial charge in [0, 0.05) is 18.8 Å². The monoisotopic (exact) mass is 397 g/mol. The molecule has 1 aromatic rings. The smallest absolute Gasteiger partial charge is 0.414 e. The van der Waals surface area contributed by atoms with Gasteiger partial charge in [-0.15, -0.1) is 0 Å². The van der Waals surface area contributed by atoms with E-state index in [9.17, 15) is 4.79 Å². The molecular formula is C18H27N3O7. The maximum atomic E-state index is 11.8. The fraction of sp³-hybridized carbons (Fsp3) is 0.500. The van der Waals surface area contributed by atoms with Crippen molar-refractivity contribution in [2.24, 2.45) is 0 Å². The van der Waals surface area contributed by atoms with Crippen LogP contribution in [0.2, 0.25) is 0 Å². The number of carbonyl (C=O) groups excluding carboxylic acids is 1. The summed E-state index contributed by atoms with van der Waals surface area (Å²) >= 11 is 0. The van der Waals surface area contributed by atoms with Crippen molar-refractivity contribution in [1.82, 2.24) is 10.2 Å². The van der Waals surface area contributed by atoms with Gasteiger partial charge < -0.3 is 30.3 Å². The minimum Gasteiger partial charge on any atom is -0.497 e. The average molecular weight is 397 g/mol. The van der Waals surface area contributed by atoms with Crippen LogP contribution < -0.4 is 15.4 Å². The summed E-state index contributed by atoms with van der Waals surface area (Å²) in [5.74, 6) is -2.90. The van der Waals surface area contributed by atoms with E-state index in [0.29, 0.717) is 6.54 Å². The number of nitrogens with zero attached hydrogens (tertiary/aromatic N) is 1. The summed E-state index contributed by atoms with van der Waals surface area (Å²) in [5, 5.41) is 20.8. The first-order valence-electron chi connectivity index (χ1n) is 8.83. The summed E-state index contributed by atoms with van der Waals surface area (Å²) < 4.78 is 10.4. The molecule has 0 radical (unpaired) electrons. The van der Waals surface area contributed by atoms with E-state index in [4.69, 9.17) is 29.3 Å². The SMILES string of the molecule is COc1ccc(NC(=O)CNCCCN2CCOCC2)cc1.O=C(O)C(=O)O. The van der Waals surface area contributed by atoms with Crippen molar-refractivity contribution in [2.75, 3.05) is 58.4 Å². The number of morpholine rings is 1. The maximum absolute atomic E-state index is 11.8. The molecule has 1 aliphatic rings. The quantitative estimate of drug-likeness (QED) is 0.355. The molecule has 1 aliphatic heterocycles. The van der Waals surface area contributed by atoms with E-state index >= 15 is 0 Å². The topological polar surface area (TPSA) is 137 Å². The summed E-state index contributed by atoms with van der Waals surface area (Å²) in [6, 6.07) is 7.31. The van der Waals surface area contributed by atoms with Crippen LogP contribution in [0.25, 0.3) is 0 Å². The maximum Gasteiger partial charge on any atom is 0.414 e. The molecule has 10 heteroatoms. The standard InChI is InChI=1S/C16H25N3O3.C2H2O4/c1-21-15-5-3-14(4-6-15)18-16(20)13-17-7-2-8-19-9-11-22-12-10-19;3-1(4)2(5)6/h3-6,17H,2,7-13H2,1H3,(H,18,20);(H,3,4)(H,5,6). The average Bonchev–Trinajstić information content (AvgIpc) is 2.69. The van der Waals surface area contributed by atoms with Crippen molar-refractivity contribution in [1.29, 1.82) is 0 Å². The Hall–Kier alpha value is -2.69. The second-order valence-electron chi connectivity index (χ2n) is 5.87. The van der Waals surface area contributed by atoms with Gasteiger partial charge in [-0.3, -0.25) is 9.69 Å². The molecular weight excluding hydrogens is 370 g/mol. The Bertz CT molecular complexity index is 604. The zero-order chi connectivity index (χ0) is 20.8. The molecule has 1 aromatic carbocycles. The third-order valence-electron chi connectivity index (χ3n) is 3.77. The van der Waals surface area contributed by atoms with Crippen LogP contribution in [0.5, 0.6) is 5.75 Å². The third kappa shape index (κ3) is 10.5. The summed E-state index contributed by atoms with van der Waals surface area (Å²) in [5.41, 5.74) is 0.779. The number of aliphatic carboxylic acids is 2. The van der Waals surface area contributed by atoms with Crippen LogP contribution in [0.3, 0.4) is 0 Å². The van der Waals surface area contributed by atoms with Crippen molar-refractivity contribution < 1.29 is 34.1 Å². The number of carboxylic acids is 2. The van der Waals surface area contributed by atoms with Crippen molar-refractivity contribution in [3.8, 4) is 5.75 Å². The molecule has 4 N–H and O–H groups in total. The fourth-order valence-electron chi connectivity index (χ4n) is 2.33. The van der Waals surface area contributed by atoms with Crippen LogP contribution in [-0.4, -0.2) is 86.0 Å². The summed E-state index contributed by atoms with van der Waals surface area (Å²) in [4.78, 5) is 32.4. The zero-order valence-corrected chi connectivity index (χ0v) is 15.8. The van der Waals surface area contributed by atoms with Crippen LogP contribution in [0.4, 0.5) is 5.69 Å². The number of rotatable bonds is 8. The third-order valence-corrected chi connectivity index (χ3v) is 3.77. The van der Waals surface area contributed by atoms with Gasteiger partial charge >= 0.3 is 11.9 Å². The first-order chi connectivity index (χ1) is 13.4. The number of nitrogens with one attached hydrogen (secondary N) is 2. The highest BCUT2D eigenvalue weighted by Crippen LogP contribution is 2.14. The Morgan fingerprint density at radius 2 is 1.71 bits per heavy atom.